The molecule has 6 nitrogen and oxygen atoms in total. The third-order valence-electron chi connectivity index (χ3n) is 3.23. The van der Waals surface area contributed by atoms with Crippen LogP contribution < -0.4 is 11.5 Å². The predicted octanol–water partition coefficient (Wildman–Crippen LogP) is 2.47. The lowest BCUT2D eigenvalue weighted by molar-refractivity contribution is 0.0113. The summed E-state index contributed by atoms with van der Waals surface area (Å²) in [6.45, 7) is -0.0106. The lowest BCUT2D eigenvalue weighted by Crippen LogP contribution is -2.13. The fourth-order valence-corrected chi connectivity index (χ4v) is 2.26. The maximum absolute atomic E-state index is 14.0. The van der Waals surface area contributed by atoms with Crippen LogP contribution in [-0.4, -0.2) is 21.2 Å². The van der Waals surface area contributed by atoms with Crippen molar-refractivity contribution in [1.82, 2.24) is 14.8 Å². The average molecular weight is 311 g/mol. The van der Waals surface area contributed by atoms with Gasteiger partial charge in [0.15, 0.2) is 0 Å². The van der Waals surface area contributed by atoms with E-state index < -0.39 is 12.7 Å². The molecule has 2 heterocycles. The number of fused-ring (bicyclic) bond motifs is 1. The zero-order valence-electron chi connectivity index (χ0n) is 11.2. The summed E-state index contributed by atoms with van der Waals surface area (Å²) in [5.74, 6) is 0.0200. The number of rotatable bonds is 4. The van der Waals surface area contributed by atoms with Crippen LogP contribution in [0.4, 0.5) is 18.9 Å². The molecule has 4 N–H and O–H groups in total. The molecule has 0 aliphatic rings. The van der Waals surface area contributed by atoms with E-state index in [1.807, 2.05) is 0 Å². The number of nitrogens with zero attached hydrogens (tertiary/aromatic N) is 3. The highest BCUT2D eigenvalue weighted by Crippen LogP contribution is 2.35. The van der Waals surface area contributed by atoms with Crippen molar-refractivity contribution in [1.29, 1.82) is 0 Å². The average Bonchev–Trinajstić information content (AvgIpc) is 3.11. The Labute approximate surface area is 122 Å². The Morgan fingerprint density at radius 2 is 2.00 bits per heavy atom. The molecule has 116 valence electrons. The zero-order chi connectivity index (χ0) is 15.9. The van der Waals surface area contributed by atoms with Crippen molar-refractivity contribution in [3.05, 3.63) is 30.2 Å². The molecule has 0 amide bonds. The number of alkyl halides is 3. The molecular formula is C13H12F3N5O. The van der Waals surface area contributed by atoms with E-state index in [0.29, 0.717) is 11.1 Å². The molecule has 1 unspecified atom stereocenters. The van der Waals surface area contributed by atoms with E-state index in [-0.39, 0.29) is 29.5 Å². The number of hydrogen-bond acceptors (Lipinski definition) is 5. The predicted molar refractivity (Wildman–Crippen MR) is 73.7 cm³/mol. The lowest BCUT2D eigenvalue weighted by Gasteiger charge is -2.13. The molecule has 0 radical (unpaired) electrons. The summed E-state index contributed by atoms with van der Waals surface area (Å²) in [6, 6.07) is 6.07. The molecule has 1 atom stereocenters. The molecule has 0 saturated carbocycles. The first kappa shape index (κ1) is 14.4. The van der Waals surface area contributed by atoms with Gasteiger partial charge < -0.3 is 20.5 Å². The van der Waals surface area contributed by atoms with Gasteiger partial charge in [0.05, 0.1) is 12.1 Å². The van der Waals surface area contributed by atoms with Crippen LogP contribution >= 0.6 is 0 Å². The Morgan fingerprint density at radius 3 is 2.64 bits per heavy atom. The Balaban J connectivity index is 2.28. The SMILES string of the molecule is NCc1nnc(-c2cc3c(N)cccc3n2C(F)C(F)F)o1. The van der Waals surface area contributed by atoms with Gasteiger partial charge in [-0.3, -0.25) is 0 Å². The summed E-state index contributed by atoms with van der Waals surface area (Å²) in [5.41, 5.74) is 11.8. The van der Waals surface area contributed by atoms with Crippen LogP contribution in [0.1, 0.15) is 12.2 Å². The van der Waals surface area contributed by atoms with Gasteiger partial charge in [-0.2, -0.15) is 0 Å². The van der Waals surface area contributed by atoms with Gasteiger partial charge in [-0.05, 0) is 18.2 Å². The van der Waals surface area contributed by atoms with Gasteiger partial charge in [-0.15, -0.1) is 10.2 Å². The highest BCUT2D eigenvalue weighted by molar-refractivity contribution is 5.95. The van der Waals surface area contributed by atoms with E-state index >= 15 is 0 Å². The van der Waals surface area contributed by atoms with Crippen LogP contribution in [0.25, 0.3) is 22.5 Å². The first-order valence-electron chi connectivity index (χ1n) is 6.37. The molecular weight excluding hydrogens is 299 g/mol. The number of nitrogens with two attached hydrogens (primary N) is 2. The summed E-state index contributed by atoms with van der Waals surface area (Å²) < 4.78 is 45.8. The maximum Gasteiger partial charge on any atom is 0.288 e. The van der Waals surface area contributed by atoms with Crippen molar-refractivity contribution in [2.75, 3.05) is 5.73 Å². The van der Waals surface area contributed by atoms with Gasteiger partial charge in [-0.1, -0.05) is 6.07 Å². The molecule has 0 bridgehead atoms. The molecule has 0 saturated heterocycles. The standard InChI is InChI=1S/C13H12F3N5O/c14-11(15)12(16)21-8-3-1-2-7(18)6(8)4-9(21)13-20-19-10(5-17)22-13/h1-4,11-12H,5,17-18H2. The molecule has 0 spiro atoms. The molecule has 2 aromatic heterocycles. The first-order valence-corrected chi connectivity index (χ1v) is 6.37. The smallest absolute Gasteiger partial charge is 0.288 e. The van der Waals surface area contributed by atoms with Gasteiger partial charge in [0.2, 0.25) is 12.2 Å². The van der Waals surface area contributed by atoms with E-state index in [1.165, 1.54) is 12.1 Å². The number of benzene rings is 1. The van der Waals surface area contributed by atoms with Gasteiger partial charge in [0, 0.05) is 11.1 Å². The largest absolute Gasteiger partial charge is 0.418 e. The van der Waals surface area contributed by atoms with E-state index in [2.05, 4.69) is 10.2 Å². The van der Waals surface area contributed by atoms with E-state index in [9.17, 15) is 13.2 Å². The Kier molecular flexibility index (Phi) is 3.49. The van der Waals surface area contributed by atoms with Gasteiger partial charge in [0.25, 0.3) is 12.3 Å². The second-order valence-electron chi connectivity index (χ2n) is 4.59. The van der Waals surface area contributed by atoms with E-state index in [4.69, 9.17) is 15.9 Å². The van der Waals surface area contributed by atoms with Crippen molar-refractivity contribution in [2.45, 2.75) is 19.3 Å². The first-order chi connectivity index (χ1) is 10.5. The summed E-state index contributed by atoms with van der Waals surface area (Å²) in [6.07, 6.45) is -5.78. The minimum atomic E-state index is -3.22. The zero-order valence-corrected chi connectivity index (χ0v) is 11.2. The van der Waals surface area contributed by atoms with Crippen LogP contribution in [-0.2, 0) is 6.54 Å². The van der Waals surface area contributed by atoms with Crippen molar-refractivity contribution in [3.63, 3.8) is 0 Å². The number of anilines is 1. The Bertz CT molecular complexity index is 813. The summed E-state index contributed by atoms with van der Waals surface area (Å²) in [4.78, 5) is 0. The van der Waals surface area contributed by atoms with Gasteiger partial charge >= 0.3 is 0 Å². The molecule has 3 aromatic rings. The highest BCUT2D eigenvalue weighted by atomic mass is 19.3. The fourth-order valence-electron chi connectivity index (χ4n) is 2.26. The lowest BCUT2D eigenvalue weighted by atomic mass is 10.2. The number of nitrogen functional groups attached to an aromatic ring is 1. The summed E-state index contributed by atoms with van der Waals surface area (Å²) in [5, 5.41) is 7.79. The second kappa shape index (κ2) is 5.34. The maximum atomic E-state index is 14.0. The monoisotopic (exact) mass is 311 g/mol. The molecule has 9 heteroatoms. The molecule has 22 heavy (non-hydrogen) atoms. The molecule has 0 aliphatic heterocycles. The molecule has 3 rings (SSSR count). The molecule has 0 fully saturated rings. The van der Waals surface area contributed by atoms with Crippen molar-refractivity contribution >= 4 is 16.6 Å². The van der Waals surface area contributed by atoms with Crippen molar-refractivity contribution in [3.8, 4) is 11.6 Å². The molecule has 0 aliphatic carbocycles. The Morgan fingerprint density at radius 1 is 1.23 bits per heavy atom. The van der Waals surface area contributed by atoms with Crippen LogP contribution in [0.3, 0.4) is 0 Å². The van der Waals surface area contributed by atoms with Crippen LogP contribution in [0, 0.1) is 0 Å². The van der Waals surface area contributed by atoms with Crippen molar-refractivity contribution in [2.24, 2.45) is 5.73 Å². The minimum absolute atomic E-state index is 0.0106. The topological polar surface area (TPSA) is 95.9 Å². The minimum Gasteiger partial charge on any atom is -0.418 e. The van der Waals surface area contributed by atoms with Crippen LogP contribution in [0.15, 0.2) is 28.7 Å². The second-order valence-corrected chi connectivity index (χ2v) is 4.59. The van der Waals surface area contributed by atoms with Crippen LogP contribution in [0.2, 0.25) is 0 Å². The normalized spacial score (nSPS) is 13.1. The highest BCUT2D eigenvalue weighted by Gasteiger charge is 2.28. The summed E-state index contributed by atoms with van der Waals surface area (Å²) >= 11 is 0. The number of halogens is 3. The van der Waals surface area contributed by atoms with Crippen molar-refractivity contribution < 1.29 is 17.6 Å². The summed E-state index contributed by atoms with van der Waals surface area (Å²) in [7, 11) is 0. The quantitative estimate of drug-likeness (QED) is 0.722. The van der Waals surface area contributed by atoms with E-state index in [1.54, 1.807) is 12.1 Å². The van der Waals surface area contributed by atoms with Gasteiger partial charge in [-0.25, -0.2) is 13.2 Å². The third kappa shape index (κ3) is 2.19. The Hall–Kier alpha value is -2.55. The third-order valence-corrected chi connectivity index (χ3v) is 3.23. The van der Waals surface area contributed by atoms with Crippen LogP contribution in [0.5, 0.6) is 0 Å². The fraction of sp³-hybridized carbons (Fsp3) is 0.231. The number of hydrogen-bond donors (Lipinski definition) is 2. The van der Waals surface area contributed by atoms with E-state index in [0.717, 1.165) is 4.57 Å². The molecule has 1 aromatic carbocycles. The number of aromatic nitrogens is 3. The van der Waals surface area contributed by atoms with Gasteiger partial charge in [0.1, 0.15) is 5.69 Å².